The van der Waals surface area contributed by atoms with Crippen LogP contribution in [0.25, 0.3) is 0 Å². The van der Waals surface area contributed by atoms with E-state index >= 15 is 0 Å². The number of halogens is 2. The molecule has 0 fully saturated rings. The van der Waals surface area contributed by atoms with Gasteiger partial charge >= 0.3 is 0 Å². The molecule has 1 unspecified atom stereocenters. The summed E-state index contributed by atoms with van der Waals surface area (Å²) in [5.41, 5.74) is 4.79. The normalized spacial score (nSPS) is 12.7. The molecule has 0 amide bonds. The summed E-state index contributed by atoms with van der Waals surface area (Å²) in [4.78, 5) is 0. The van der Waals surface area contributed by atoms with Crippen molar-refractivity contribution in [2.45, 2.75) is 26.2 Å². The summed E-state index contributed by atoms with van der Waals surface area (Å²) >= 11 is 9.79. The van der Waals surface area contributed by atoms with Gasteiger partial charge in [-0.1, -0.05) is 29.8 Å². The van der Waals surface area contributed by atoms with Crippen LogP contribution in [0.15, 0.2) is 28.7 Å². The van der Waals surface area contributed by atoms with Crippen LogP contribution in [0.2, 0.25) is 0 Å². The first-order chi connectivity index (χ1) is 9.02. The molecule has 0 N–H and O–H groups in total. The number of hydrogen-bond acceptors (Lipinski definition) is 1. The van der Waals surface area contributed by atoms with E-state index in [-0.39, 0.29) is 0 Å². The molecule has 1 aromatic carbocycles. The molecule has 2 aromatic rings. The van der Waals surface area contributed by atoms with Gasteiger partial charge in [-0.3, -0.25) is 4.68 Å². The Balaban J connectivity index is 2.29. The molecule has 1 heterocycles. The van der Waals surface area contributed by atoms with Crippen molar-refractivity contribution in [2.75, 3.05) is 5.88 Å². The van der Waals surface area contributed by atoms with Crippen LogP contribution < -0.4 is 0 Å². The second kappa shape index (κ2) is 6.10. The minimum Gasteiger partial charge on any atom is -0.271 e. The van der Waals surface area contributed by atoms with Gasteiger partial charge in [0.2, 0.25) is 0 Å². The third-order valence-corrected chi connectivity index (χ3v) is 4.81. The number of hydrogen-bond donors (Lipinski definition) is 0. The molecule has 0 bridgehead atoms. The zero-order valence-electron chi connectivity index (χ0n) is 11.5. The lowest BCUT2D eigenvalue weighted by Gasteiger charge is -2.15. The Morgan fingerprint density at radius 1 is 1.37 bits per heavy atom. The largest absolute Gasteiger partial charge is 0.271 e. The molecule has 0 spiro atoms. The average molecular weight is 342 g/mol. The van der Waals surface area contributed by atoms with Crippen LogP contribution in [0.4, 0.5) is 0 Å². The molecule has 2 nitrogen and oxygen atoms in total. The molecule has 1 aromatic heterocycles. The van der Waals surface area contributed by atoms with Gasteiger partial charge < -0.3 is 0 Å². The van der Waals surface area contributed by atoms with E-state index in [1.54, 1.807) is 0 Å². The Morgan fingerprint density at radius 3 is 2.63 bits per heavy atom. The van der Waals surface area contributed by atoms with E-state index < -0.39 is 0 Å². The van der Waals surface area contributed by atoms with Crippen molar-refractivity contribution in [3.05, 3.63) is 51.3 Å². The highest BCUT2D eigenvalue weighted by Crippen LogP contribution is 2.28. The molecule has 2 rings (SSSR count). The van der Waals surface area contributed by atoms with Gasteiger partial charge in [-0.05, 0) is 41.8 Å². The molecule has 0 aliphatic rings. The van der Waals surface area contributed by atoms with E-state index in [1.165, 1.54) is 16.8 Å². The maximum Gasteiger partial charge on any atom is 0.0738 e. The van der Waals surface area contributed by atoms with Crippen molar-refractivity contribution in [3.63, 3.8) is 0 Å². The molecular formula is C15H18BrClN2. The highest BCUT2D eigenvalue weighted by molar-refractivity contribution is 9.10. The number of benzene rings is 1. The summed E-state index contributed by atoms with van der Waals surface area (Å²) in [7, 11) is 1.98. The summed E-state index contributed by atoms with van der Waals surface area (Å²) in [6.07, 6.45) is 0.894. The first-order valence-electron chi connectivity index (χ1n) is 6.33. The zero-order chi connectivity index (χ0) is 14.0. The van der Waals surface area contributed by atoms with Crippen molar-refractivity contribution in [2.24, 2.45) is 7.05 Å². The van der Waals surface area contributed by atoms with Crippen LogP contribution in [0.5, 0.6) is 0 Å². The van der Waals surface area contributed by atoms with Gasteiger partial charge in [-0.25, -0.2) is 0 Å². The van der Waals surface area contributed by atoms with Gasteiger partial charge in [-0.15, -0.1) is 11.6 Å². The Hall–Kier alpha value is -0.800. The Morgan fingerprint density at radius 2 is 2.11 bits per heavy atom. The topological polar surface area (TPSA) is 17.8 Å². The Labute approximate surface area is 127 Å². The molecule has 0 radical (unpaired) electrons. The predicted octanol–water partition coefficient (Wildman–Crippen LogP) is 4.36. The van der Waals surface area contributed by atoms with Gasteiger partial charge in [-0.2, -0.15) is 5.10 Å². The van der Waals surface area contributed by atoms with E-state index in [0.717, 1.165) is 16.6 Å². The van der Waals surface area contributed by atoms with Crippen LogP contribution >= 0.6 is 27.5 Å². The van der Waals surface area contributed by atoms with Crippen LogP contribution in [-0.4, -0.2) is 15.7 Å². The average Bonchev–Trinajstić information content (AvgIpc) is 2.61. The van der Waals surface area contributed by atoms with Crippen molar-refractivity contribution in [3.8, 4) is 0 Å². The highest BCUT2D eigenvalue weighted by atomic mass is 79.9. The fraction of sp³-hybridized carbons (Fsp3) is 0.400. The lowest BCUT2D eigenvalue weighted by atomic mass is 9.94. The first-order valence-corrected chi connectivity index (χ1v) is 7.66. The molecular weight excluding hydrogens is 324 g/mol. The monoisotopic (exact) mass is 340 g/mol. The summed E-state index contributed by atoms with van der Waals surface area (Å²) in [6.45, 7) is 4.12. The fourth-order valence-electron chi connectivity index (χ4n) is 2.32. The number of aryl methyl sites for hydroxylation is 3. The Bertz CT molecular complexity index is 578. The SMILES string of the molecule is Cc1cccc(C(CCl)Cc2c(Br)c(C)nn2C)c1. The van der Waals surface area contributed by atoms with Crippen LogP contribution in [-0.2, 0) is 13.5 Å². The molecule has 0 saturated heterocycles. The minimum atomic E-state index is 0.313. The van der Waals surface area contributed by atoms with E-state index in [2.05, 4.69) is 52.2 Å². The number of nitrogens with zero attached hydrogens (tertiary/aromatic N) is 2. The quantitative estimate of drug-likeness (QED) is 0.755. The second-order valence-electron chi connectivity index (χ2n) is 4.94. The number of alkyl halides is 1. The van der Waals surface area contributed by atoms with E-state index in [0.29, 0.717) is 11.8 Å². The molecule has 1 atom stereocenters. The third-order valence-electron chi connectivity index (χ3n) is 3.40. The minimum absolute atomic E-state index is 0.313. The lowest BCUT2D eigenvalue weighted by molar-refractivity contribution is 0.656. The number of rotatable bonds is 4. The Kier molecular flexibility index (Phi) is 4.69. The van der Waals surface area contributed by atoms with Crippen molar-refractivity contribution in [1.82, 2.24) is 9.78 Å². The highest BCUT2D eigenvalue weighted by Gasteiger charge is 2.17. The predicted molar refractivity (Wildman–Crippen MR) is 84.0 cm³/mol. The zero-order valence-corrected chi connectivity index (χ0v) is 13.8. The van der Waals surface area contributed by atoms with E-state index in [1.807, 2.05) is 18.7 Å². The fourth-order valence-corrected chi connectivity index (χ4v) is 3.11. The molecule has 4 heteroatoms. The van der Waals surface area contributed by atoms with E-state index in [4.69, 9.17) is 11.6 Å². The summed E-state index contributed by atoms with van der Waals surface area (Å²) in [6, 6.07) is 8.56. The summed E-state index contributed by atoms with van der Waals surface area (Å²) in [5.74, 6) is 0.924. The van der Waals surface area contributed by atoms with E-state index in [9.17, 15) is 0 Å². The molecule has 102 valence electrons. The van der Waals surface area contributed by atoms with Crippen LogP contribution in [0.3, 0.4) is 0 Å². The van der Waals surface area contributed by atoms with Crippen LogP contribution in [0.1, 0.15) is 28.4 Å². The van der Waals surface area contributed by atoms with Gasteiger partial charge in [0.15, 0.2) is 0 Å². The smallest absolute Gasteiger partial charge is 0.0738 e. The van der Waals surface area contributed by atoms with Crippen molar-refractivity contribution >= 4 is 27.5 Å². The van der Waals surface area contributed by atoms with Crippen molar-refractivity contribution < 1.29 is 0 Å². The molecule has 0 aliphatic heterocycles. The van der Waals surface area contributed by atoms with Gasteiger partial charge in [0.1, 0.15) is 0 Å². The molecule has 0 aliphatic carbocycles. The standard InChI is InChI=1S/C15H18BrClN2/c1-10-5-4-6-12(7-10)13(9-17)8-14-15(16)11(2)18-19(14)3/h4-7,13H,8-9H2,1-3H3. The van der Waals surface area contributed by atoms with Gasteiger partial charge in [0.25, 0.3) is 0 Å². The maximum absolute atomic E-state index is 6.17. The number of aromatic nitrogens is 2. The summed E-state index contributed by atoms with van der Waals surface area (Å²) < 4.78 is 3.03. The van der Waals surface area contributed by atoms with Gasteiger partial charge in [0, 0.05) is 18.8 Å². The lowest BCUT2D eigenvalue weighted by Crippen LogP contribution is -2.09. The van der Waals surface area contributed by atoms with Crippen LogP contribution in [0, 0.1) is 13.8 Å². The third kappa shape index (κ3) is 3.21. The second-order valence-corrected chi connectivity index (χ2v) is 6.04. The molecule has 19 heavy (non-hydrogen) atoms. The molecule has 0 saturated carbocycles. The summed E-state index contributed by atoms with van der Waals surface area (Å²) in [5, 5.41) is 4.44. The first kappa shape index (κ1) is 14.6. The maximum atomic E-state index is 6.17. The van der Waals surface area contributed by atoms with Crippen molar-refractivity contribution in [1.29, 1.82) is 0 Å². The van der Waals surface area contributed by atoms with Gasteiger partial charge in [0.05, 0.1) is 15.9 Å².